The van der Waals surface area contributed by atoms with Crippen molar-refractivity contribution in [3.63, 3.8) is 0 Å². The summed E-state index contributed by atoms with van der Waals surface area (Å²) in [5.41, 5.74) is 2.24. The quantitative estimate of drug-likeness (QED) is 0.572. The molecule has 0 bridgehead atoms. The van der Waals surface area contributed by atoms with Crippen LogP contribution in [0.25, 0.3) is 0 Å². The third-order valence-corrected chi connectivity index (χ3v) is 6.04. The van der Waals surface area contributed by atoms with E-state index in [0.717, 1.165) is 51.1 Å². The molecule has 1 aliphatic rings. The lowest BCUT2D eigenvalue weighted by molar-refractivity contribution is -0.131. The first-order chi connectivity index (χ1) is 14.5. The first-order valence-electron chi connectivity index (χ1n) is 10.4. The molecule has 0 atom stereocenters. The number of nitrogens with one attached hydrogen (secondary N) is 1. The first kappa shape index (κ1) is 22.4. The Morgan fingerprint density at radius 3 is 2.27 bits per heavy atom. The number of unbranched alkanes of at least 4 members (excludes halogenated alkanes) is 2. The van der Waals surface area contributed by atoms with Gasteiger partial charge in [0.2, 0.25) is 5.91 Å². The van der Waals surface area contributed by atoms with Crippen molar-refractivity contribution in [2.75, 3.05) is 36.4 Å². The van der Waals surface area contributed by atoms with E-state index in [4.69, 9.17) is 23.2 Å². The zero-order valence-electron chi connectivity index (χ0n) is 17.2. The summed E-state index contributed by atoms with van der Waals surface area (Å²) in [5, 5.41) is 3.64. The highest BCUT2D eigenvalue weighted by Gasteiger charge is 2.21. The Balaban J connectivity index is 1.52. The normalized spacial score (nSPS) is 14.0. The number of piperazine rings is 1. The Hall–Kier alpha value is -2.24. The maximum absolute atomic E-state index is 12.4. The van der Waals surface area contributed by atoms with E-state index in [0.29, 0.717) is 27.7 Å². The number of benzene rings is 2. The molecule has 5 nitrogen and oxygen atoms in total. The standard InChI is InChI=1S/C23H27Cl2N3O2/c1-2-3-4-5-22(29)28-14-12-27(13-15-28)19-9-7-18(8-10-19)26-23(30)17-6-11-20(24)21(25)16-17/h6-11,16H,2-5,12-15H2,1H3,(H,26,30). The van der Waals surface area contributed by atoms with Gasteiger partial charge in [-0.25, -0.2) is 0 Å². The number of hydrogen-bond acceptors (Lipinski definition) is 3. The number of amides is 2. The molecule has 160 valence electrons. The van der Waals surface area contributed by atoms with Crippen LogP contribution >= 0.6 is 23.2 Å². The number of halogens is 2. The van der Waals surface area contributed by atoms with Gasteiger partial charge in [0.1, 0.15) is 0 Å². The van der Waals surface area contributed by atoms with Crippen LogP contribution in [0.15, 0.2) is 42.5 Å². The third kappa shape index (κ3) is 5.89. The maximum Gasteiger partial charge on any atom is 0.255 e. The van der Waals surface area contributed by atoms with Gasteiger partial charge in [0.05, 0.1) is 10.0 Å². The molecule has 0 unspecified atom stereocenters. The average molecular weight is 448 g/mol. The molecule has 1 aliphatic heterocycles. The molecule has 1 heterocycles. The van der Waals surface area contributed by atoms with Crippen LogP contribution in [-0.4, -0.2) is 42.9 Å². The minimum atomic E-state index is -0.239. The topological polar surface area (TPSA) is 52.7 Å². The fraction of sp³-hybridized carbons (Fsp3) is 0.391. The lowest BCUT2D eigenvalue weighted by Crippen LogP contribution is -2.48. The molecular weight excluding hydrogens is 421 g/mol. The number of anilines is 2. The SMILES string of the molecule is CCCCCC(=O)N1CCN(c2ccc(NC(=O)c3ccc(Cl)c(Cl)c3)cc2)CC1. The molecule has 0 saturated carbocycles. The van der Waals surface area contributed by atoms with Crippen molar-refractivity contribution in [2.24, 2.45) is 0 Å². The number of hydrogen-bond donors (Lipinski definition) is 1. The van der Waals surface area contributed by atoms with Crippen molar-refractivity contribution >= 4 is 46.4 Å². The van der Waals surface area contributed by atoms with E-state index in [-0.39, 0.29) is 11.8 Å². The van der Waals surface area contributed by atoms with Crippen LogP contribution in [-0.2, 0) is 4.79 Å². The predicted octanol–water partition coefficient (Wildman–Crippen LogP) is 5.47. The molecule has 1 fully saturated rings. The van der Waals surface area contributed by atoms with Gasteiger partial charge < -0.3 is 15.1 Å². The Bertz CT molecular complexity index is 879. The van der Waals surface area contributed by atoms with Gasteiger partial charge in [0.15, 0.2) is 0 Å². The van der Waals surface area contributed by atoms with Crippen molar-refractivity contribution in [2.45, 2.75) is 32.6 Å². The highest BCUT2D eigenvalue weighted by molar-refractivity contribution is 6.42. The van der Waals surface area contributed by atoms with Crippen LogP contribution in [0.4, 0.5) is 11.4 Å². The second-order valence-corrected chi connectivity index (χ2v) is 8.27. The number of rotatable bonds is 7. The van der Waals surface area contributed by atoms with Gasteiger partial charge in [-0.05, 0) is 48.9 Å². The summed E-state index contributed by atoms with van der Waals surface area (Å²) in [6.45, 7) is 5.28. The number of carbonyl (C=O) groups is 2. The van der Waals surface area contributed by atoms with Gasteiger partial charge in [-0.2, -0.15) is 0 Å². The van der Waals surface area contributed by atoms with Crippen LogP contribution in [0, 0.1) is 0 Å². The van der Waals surface area contributed by atoms with Crippen molar-refractivity contribution in [1.82, 2.24) is 4.90 Å². The van der Waals surface area contributed by atoms with E-state index in [1.165, 1.54) is 0 Å². The lowest BCUT2D eigenvalue weighted by Gasteiger charge is -2.36. The molecule has 2 amide bonds. The molecule has 30 heavy (non-hydrogen) atoms. The van der Waals surface area contributed by atoms with Crippen LogP contribution in [0.3, 0.4) is 0 Å². The van der Waals surface area contributed by atoms with Gasteiger partial charge in [-0.1, -0.05) is 43.0 Å². The molecule has 1 saturated heterocycles. The minimum Gasteiger partial charge on any atom is -0.368 e. The molecule has 0 aromatic heterocycles. The average Bonchev–Trinajstić information content (AvgIpc) is 2.76. The molecule has 7 heteroatoms. The summed E-state index contributed by atoms with van der Waals surface area (Å²) in [7, 11) is 0. The van der Waals surface area contributed by atoms with E-state index >= 15 is 0 Å². The van der Waals surface area contributed by atoms with Crippen molar-refractivity contribution in [3.05, 3.63) is 58.1 Å². The lowest BCUT2D eigenvalue weighted by atomic mass is 10.1. The van der Waals surface area contributed by atoms with Crippen LogP contribution in [0.2, 0.25) is 10.0 Å². The molecule has 0 radical (unpaired) electrons. The van der Waals surface area contributed by atoms with Gasteiger partial charge in [-0.3, -0.25) is 9.59 Å². The van der Waals surface area contributed by atoms with Gasteiger partial charge in [0, 0.05) is 49.5 Å². The van der Waals surface area contributed by atoms with Gasteiger partial charge >= 0.3 is 0 Å². The smallest absolute Gasteiger partial charge is 0.255 e. The summed E-state index contributed by atoms with van der Waals surface area (Å²) >= 11 is 11.9. The van der Waals surface area contributed by atoms with E-state index in [2.05, 4.69) is 17.1 Å². The van der Waals surface area contributed by atoms with Crippen LogP contribution in [0.5, 0.6) is 0 Å². The first-order valence-corrected chi connectivity index (χ1v) is 11.1. The summed E-state index contributed by atoms with van der Waals surface area (Å²) in [4.78, 5) is 28.9. The molecule has 0 spiro atoms. The predicted molar refractivity (Wildman–Crippen MR) is 124 cm³/mol. The second kappa shape index (κ2) is 10.7. The van der Waals surface area contributed by atoms with Crippen LogP contribution < -0.4 is 10.2 Å². The highest BCUT2D eigenvalue weighted by Crippen LogP contribution is 2.24. The van der Waals surface area contributed by atoms with Gasteiger partial charge in [-0.15, -0.1) is 0 Å². The molecule has 2 aromatic rings. The number of carbonyl (C=O) groups excluding carboxylic acids is 2. The van der Waals surface area contributed by atoms with Crippen molar-refractivity contribution in [3.8, 4) is 0 Å². The monoisotopic (exact) mass is 447 g/mol. The van der Waals surface area contributed by atoms with Gasteiger partial charge in [0.25, 0.3) is 5.91 Å². The Morgan fingerprint density at radius 1 is 0.933 bits per heavy atom. The Morgan fingerprint density at radius 2 is 1.63 bits per heavy atom. The third-order valence-electron chi connectivity index (χ3n) is 5.30. The summed E-state index contributed by atoms with van der Waals surface area (Å²) in [5.74, 6) is 0.0278. The Kier molecular flexibility index (Phi) is 8.00. The van der Waals surface area contributed by atoms with Crippen LogP contribution in [0.1, 0.15) is 43.0 Å². The molecule has 3 rings (SSSR count). The zero-order chi connectivity index (χ0) is 21.5. The van der Waals surface area contributed by atoms with Crippen molar-refractivity contribution < 1.29 is 9.59 Å². The Labute approximate surface area is 187 Å². The summed E-state index contributed by atoms with van der Waals surface area (Å²) in [6, 6.07) is 12.5. The molecule has 0 aliphatic carbocycles. The highest BCUT2D eigenvalue weighted by atomic mass is 35.5. The van der Waals surface area contributed by atoms with Crippen molar-refractivity contribution in [1.29, 1.82) is 0 Å². The maximum atomic E-state index is 12.4. The van der Waals surface area contributed by atoms with E-state index in [9.17, 15) is 9.59 Å². The molecule has 2 aromatic carbocycles. The van der Waals surface area contributed by atoms with E-state index in [1.54, 1.807) is 18.2 Å². The summed E-state index contributed by atoms with van der Waals surface area (Å²) < 4.78 is 0. The molecular formula is C23H27Cl2N3O2. The van der Waals surface area contributed by atoms with E-state index in [1.807, 2.05) is 29.2 Å². The minimum absolute atomic E-state index is 0.239. The molecule has 1 N–H and O–H groups in total. The zero-order valence-corrected chi connectivity index (χ0v) is 18.7. The fourth-order valence-corrected chi connectivity index (χ4v) is 3.79. The number of nitrogens with zero attached hydrogens (tertiary/aromatic N) is 2. The second-order valence-electron chi connectivity index (χ2n) is 7.45. The van der Waals surface area contributed by atoms with E-state index < -0.39 is 0 Å². The largest absolute Gasteiger partial charge is 0.368 e. The summed E-state index contributed by atoms with van der Waals surface area (Å²) in [6.07, 6.45) is 3.87. The fourth-order valence-electron chi connectivity index (χ4n) is 3.49.